The first kappa shape index (κ1) is 14.5. The molecule has 0 unspecified atom stereocenters. The number of carboxylic acid groups (broad SMARTS) is 1. The van der Waals surface area contributed by atoms with E-state index in [-0.39, 0.29) is 12.0 Å². The Bertz CT molecular complexity index is 263. The zero-order valence-corrected chi connectivity index (χ0v) is 11.7. The highest BCUT2D eigenvalue weighted by molar-refractivity contribution is 5.64. The molecule has 1 heterocycles. The van der Waals surface area contributed by atoms with Gasteiger partial charge >= 0.3 is 0 Å². The molecule has 100 valence electrons. The van der Waals surface area contributed by atoms with Crippen molar-refractivity contribution >= 4 is 5.97 Å². The van der Waals surface area contributed by atoms with Crippen LogP contribution in [0.4, 0.5) is 0 Å². The molecular weight excluding hydrogens is 216 g/mol. The molecule has 0 aromatic heterocycles. The highest BCUT2D eigenvalue weighted by Crippen LogP contribution is 2.19. The maximum atomic E-state index is 10.4. The van der Waals surface area contributed by atoms with Crippen LogP contribution in [-0.2, 0) is 4.79 Å². The van der Waals surface area contributed by atoms with Crippen LogP contribution < -0.4 is 5.11 Å². The molecule has 1 fully saturated rings. The van der Waals surface area contributed by atoms with E-state index < -0.39 is 5.97 Å². The summed E-state index contributed by atoms with van der Waals surface area (Å²) >= 11 is 0. The molecule has 1 aliphatic rings. The SMILES string of the molecule is CC(C)(C)N1CC[N+](C)(CCCC(=O)[O-])CC1. The monoisotopic (exact) mass is 242 g/mol. The van der Waals surface area contributed by atoms with E-state index in [1.54, 1.807) is 0 Å². The summed E-state index contributed by atoms with van der Waals surface area (Å²) in [6.45, 7) is 12.1. The third-order valence-electron chi connectivity index (χ3n) is 3.85. The third-order valence-corrected chi connectivity index (χ3v) is 3.85. The van der Waals surface area contributed by atoms with Gasteiger partial charge in [0.2, 0.25) is 0 Å². The molecule has 0 radical (unpaired) electrons. The van der Waals surface area contributed by atoms with Gasteiger partial charge in [-0.2, -0.15) is 0 Å². The first-order valence-electron chi connectivity index (χ1n) is 6.51. The van der Waals surface area contributed by atoms with Gasteiger partial charge in [-0.1, -0.05) is 0 Å². The maximum absolute atomic E-state index is 10.4. The molecular formula is C13H26N2O2. The standard InChI is InChI=1S/C13H26N2O2/c1-13(2,3)14-7-10-15(4,11-8-14)9-5-6-12(16)17/h5-11H2,1-4H3. The van der Waals surface area contributed by atoms with Crippen LogP contribution in [0, 0.1) is 0 Å². The van der Waals surface area contributed by atoms with Crippen molar-refractivity contribution in [1.82, 2.24) is 4.90 Å². The van der Waals surface area contributed by atoms with Crippen molar-refractivity contribution in [3.8, 4) is 0 Å². The number of carboxylic acids is 1. The van der Waals surface area contributed by atoms with E-state index in [9.17, 15) is 9.90 Å². The summed E-state index contributed by atoms with van der Waals surface area (Å²) < 4.78 is 1.000. The van der Waals surface area contributed by atoms with Gasteiger partial charge in [-0.25, -0.2) is 0 Å². The average Bonchev–Trinajstić information content (AvgIpc) is 2.15. The minimum atomic E-state index is -0.926. The molecule has 0 aromatic carbocycles. The number of quaternary nitrogens is 1. The molecule has 4 nitrogen and oxygen atoms in total. The summed E-state index contributed by atoms with van der Waals surface area (Å²) in [5.41, 5.74) is 0.246. The van der Waals surface area contributed by atoms with Gasteiger partial charge in [-0.05, 0) is 27.2 Å². The number of hydrogen-bond acceptors (Lipinski definition) is 3. The zero-order valence-electron chi connectivity index (χ0n) is 11.7. The molecule has 1 rings (SSSR count). The number of aliphatic carboxylic acids is 1. The summed E-state index contributed by atoms with van der Waals surface area (Å²) in [4.78, 5) is 12.9. The first-order valence-corrected chi connectivity index (χ1v) is 6.51. The van der Waals surface area contributed by atoms with Crippen LogP contribution in [0.3, 0.4) is 0 Å². The molecule has 0 aromatic rings. The van der Waals surface area contributed by atoms with Crippen molar-refractivity contribution in [1.29, 1.82) is 0 Å². The van der Waals surface area contributed by atoms with Crippen molar-refractivity contribution < 1.29 is 14.4 Å². The summed E-state index contributed by atoms with van der Waals surface area (Å²) in [6.07, 6.45) is 0.922. The van der Waals surface area contributed by atoms with E-state index in [4.69, 9.17) is 0 Å². The largest absolute Gasteiger partial charge is 0.550 e. The molecule has 0 spiro atoms. The quantitative estimate of drug-likeness (QED) is 0.656. The number of likely N-dealkylation sites (N-methyl/N-ethyl adjacent to an activating group) is 1. The lowest BCUT2D eigenvalue weighted by molar-refractivity contribution is -0.914. The molecule has 17 heavy (non-hydrogen) atoms. The Balaban J connectivity index is 2.36. The highest BCUT2D eigenvalue weighted by atomic mass is 16.4. The van der Waals surface area contributed by atoms with Gasteiger partial charge in [0.15, 0.2) is 0 Å². The first-order chi connectivity index (χ1) is 7.73. The second kappa shape index (κ2) is 5.36. The van der Waals surface area contributed by atoms with Gasteiger partial charge < -0.3 is 14.4 Å². The summed E-state index contributed by atoms with van der Waals surface area (Å²) in [6, 6.07) is 0. The number of carbonyl (C=O) groups excluding carboxylic acids is 1. The fourth-order valence-electron chi connectivity index (χ4n) is 2.45. The Morgan fingerprint density at radius 1 is 1.29 bits per heavy atom. The Labute approximate surface area is 105 Å². The number of nitrogens with zero attached hydrogens (tertiary/aromatic N) is 2. The van der Waals surface area contributed by atoms with Crippen LogP contribution in [0.25, 0.3) is 0 Å². The number of carbonyl (C=O) groups is 1. The van der Waals surface area contributed by atoms with Crippen LogP contribution in [0.15, 0.2) is 0 Å². The predicted octanol–water partition coefficient (Wildman–Crippen LogP) is 0.0772. The van der Waals surface area contributed by atoms with Gasteiger partial charge in [0.05, 0.1) is 26.7 Å². The topological polar surface area (TPSA) is 43.4 Å². The highest BCUT2D eigenvalue weighted by Gasteiger charge is 2.32. The average molecular weight is 242 g/mol. The molecule has 0 amide bonds. The molecule has 1 saturated heterocycles. The third kappa shape index (κ3) is 4.64. The summed E-state index contributed by atoms with van der Waals surface area (Å²) in [5, 5.41) is 10.4. The van der Waals surface area contributed by atoms with Crippen molar-refractivity contribution in [3.05, 3.63) is 0 Å². The number of hydrogen-bond donors (Lipinski definition) is 0. The van der Waals surface area contributed by atoms with Crippen molar-refractivity contribution in [2.24, 2.45) is 0 Å². The second-order valence-electron chi connectivity index (χ2n) is 6.42. The van der Waals surface area contributed by atoms with Crippen molar-refractivity contribution in [3.63, 3.8) is 0 Å². The molecule has 0 aliphatic carbocycles. The lowest BCUT2D eigenvalue weighted by Gasteiger charge is -2.46. The smallest absolute Gasteiger partial charge is 0.0914 e. The molecule has 0 bridgehead atoms. The fraction of sp³-hybridized carbons (Fsp3) is 0.923. The van der Waals surface area contributed by atoms with E-state index in [1.807, 2.05) is 0 Å². The van der Waals surface area contributed by atoms with Crippen molar-refractivity contribution in [2.45, 2.75) is 39.2 Å². The lowest BCUT2D eigenvalue weighted by atomic mass is 10.0. The summed E-state index contributed by atoms with van der Waals surface area (Å²) in [5.74, 6) is -0.926. The van der Waals surface area contributed by atoms with Gasteiger partial charge in [-0.3, -0.25) is 4.90 Å². The minimum absolute atomic E-state index is 0.191. The van der Waals surface area contributed by atoms with Crippen LogP contribution in [-0.4, -0.2) is 60.7 Å². The molecule has 0 saturated carbocycles. The summed E-state index contributed by atoms with van der Waals surface area (Å²) in [7, 11) is 2.23. The number of piperazine rings is 1. The van der Waals surface area contributed by atoms with Gasteiger partial charge in [0.1, 0.15) is 0 Å². The second-order valence-corrected chi connectivity index (χ2v) is 6.42. The molecule has 4 heteroatoms. The van der Waals surface area contributed by atoms with Gasteiger partial charge in [0.25, 0.3) is 0 Å². The fourth-order valence-corrected chi connectivity index (χ4v) is 2.45. The lowest BCUT2D eigenvalue weighted by Crippen LogP contribution is -2.61. The van der Waals surface area contributed by atoms with Crippen LogP contribution in [0.1, 0.15) is 33.6 Å². The van der Waals surface area contributed by atoms with E-state index in [1.165, 1.54) is 0 Å². The Morgan fingerprint density at radius 2 is 1.82 bits per heavy atom. The Morgan fingerprint density at radius 3 is 2.24 bits per heavy atom. The normalized spacial score (nSPS) is 21.4. The molecule has 0 N–H and O–H groups in total. The Kier molecular flexibility index (Phi) is 4.55. The van der Waals surface area contributed by atoms with Gasteiger partial charge in [-0.15, -0.1) is 0 Å². The van der Waals surface area contributed by atoms with E-state index >= 15 is 0 Å². The maximum Gasteiger partial charge on any atom is 0.0914 e. The van der Waals surface area contributed by atoms with E-state index in [0.717, 1.165) is 43.6 Å². The van der Waals surface area contributed by atoms with E-state index in [2.05, 4.69) is 32.7 Å². The molecule has 0 atom stereocenters. The minimum Gasteiger partial charge on any atom is -0.550 e. The Hall–Kier alpha value is -0.610. The van der Waals surface area contributed by atoms with Gasteiger partial charge in [0, 0.05) is 31.0 Å². The van der Waals surface area contributed by atoms with Crippen LogP contribution in [0.5, 0.6) is 0 Å². The predicted molar refractivity (Wildman–Crippen MR) is 66.4 cm³/mol. The van der Waals surface area contributed by atoms with Crippen LogP contribution in [0.2, 0.25) is 0 Å². The van der Waals surface area contributed by atoms with Crippen LogP contribution >= 0.6 is 0 Å². The molecule has 1 aliphatic heterocycles. The van der Waals surface area contributed by atoms with E-state index in [0.29, 0.717) is 0 Å². The number of rotatable bonds is 4. The van der Waals surface area contributed by atoms with Crippen molar-refractivity contribution in [2.75, 3.05) is 39.8 Å². The zero-order chi connectivity index (χ0) is 13.1.